The number of hydrogen-bond acceptors (Lipinski definition) is 2. The van der Waals surface area contributed by atoms with Gasteiger partial charge in [-0.3, -0.25) is 0 Å². The molecule has 0 amide bonds. The van der Waals surface area contributed by atoms with Crippen LogP contribution in [0.1, 0.15) is 62.9 Å². The van der Waals surface area contributed by atoms with Gasteiger partial charge in [-0.2, -0.15) is 0 Å². The van der Waals surface area contributed by atoms with Gasteiger partial charge in [0.2, 0.25) is 0 Å². The van der Waals surface area contributed by atoms with Gasteiger partial charge < -0.3 is 10.2 Å². The highest BCUT2D eigenvalue weighted by atomic mass is 16.3. The number of aliphatic hydroxyl groups is 2. The molecule has 2 heteroatoms. The van der Waals surface area contributed by atoms with E-state index in [1.165, 1.54) is 50.1 Å². The van der Waals surface area contributed by atoms with Crippen LogP contribution in [0.2, 0.25) is 0 Å². The van der Waals surface area contributed by atoms with E-state index in [2.05, 4.69) is 87.5 Å². The molecule has 3 aromatic rings. The van der Waals surface area contributed by atoms with Gasteiger partial charge in [-0.25, -0.2) is 0 Å². The summed E-state index contributed by atoms with van der Waals surface area (Å²) in [6.07, 6.45) is 12.2. The average molecular weight is 469 g/mol. The molecule has 184 valence electrons. The van der Waals surface area contributed by atoms with Crippen LogP contribution in [0.5, 0.6) is 0 Å². The monoisotopic (exact) mass is 468 g/mol. The summed E-state index contributed by atoms with van der Waals surface area (Å²) in [5.74, 6) is 0. The molecule has 0 saturated carbocycles. The Kier molecular flexibility index (Phi) is 8.59. The third-order valence-corrected chi connectivity index (χ3v) is 7.72. The zero-order valence-electron chi connectivity index (χ0n) is 21.6. The minimum absolute atomic E-state index is 0.112. The van der Waals surface area contributed by atoms with Crippen LogP contribution in [0, 0.1) is 20.8 Å². The number of aryl methyl sites for hydroxylation is 5. The van der Waals surface area contributed by atoms with E-state index in [4.69, 9.17) is 0 Å². The van der Waals surface area contributed by atoms with Crippen LogP contribution >= 0.6 is 0 Å². The van der Waals surface area contributed by atoms with E-state index in [1.54, 1.807) is 0 Å². The molecule has 0 spiro atoms. The third kappa shape index (κ3) is 6.51. The van der Waals surface area contributed by atoms with E-state index >= 15 is 0 Å². The van der Waals surface area contributed by atoms with E-state index in [0.29, 0.717) is 0 Å². The minimum atomic E-state index is -0.112. The fraction of sp³-hybridized carbons (Fsp3) is 0.394. The number of allylic oxidation sites excluding steroid dienone is 2. The lowest BCUT2D eigenvalue weighted by Gasteiger charge is -2.21. The second-order valence-corrected chi connectivity index (χ2v) is 10.3. The molecule has 2 atom stereocenters. The van der Waals surface area contributed by atoms with E-state index in [9.17, 15) is 10.2 Å². The maximum atomic E-state index is 9.48. The molecular weight excluding hydrogens is 428 g/mol. The van der Waals surface area contributed by atoms with E-state index < -0.39 is 0 Å². The van der Waals surface area contributed by atoms with Gasteiger partial charge in [-0.15, -0.1) is 0 Å². The summed E-state index contributed by atoms with van der Waals surface area (Å²) < 4.78 is 0. The van der Waals surface area contributed by atoms with Crippen LogP contribution in [0.15, 0.2) is 66.7 Å². The quantitative estimate of drug-likeness (QED) is 0.378. The first-order valence-corrected chi connectivity index (χ1v) is 13.2. The molecule has 2 nitrogen and oxygen atoms in total. The molecule has 0 heterocycles. The normalized spacial score (nSPS) is 19.7. The molecule has 0 aromatic heterocycles. The smallest absolute Gasteiger partial charge is 0.0583 e. The first-order valence-electron chi connectivity index (χ1n) is 13.2. The van der Waals surface area contributed by atoms with E-state index in [-0.39, 0.29) is 12.2 Å². The Morgan fingerprint density at radius 3 is 1.46 bits per heavy atom. The van der Waals surface area contributed by atoms with Crippen molar-refractivity contribution in [1.82, 2.24) is 0 Å². The first-order chi connectivity index (χ1) is 16.9. The third-order valence-electron chi connectivity index (χ3n) is 7.72. The van der Waals surface area contributed by atoms with Crippen molar-refractivity contribution in [2.24, 2.45) is 0 Å². The van der Waals surface area contributed by atoms with Crippen molar-refractivity contribution >= 4 is 0 Å². The lowest BCUT2D eigenvalue weighted by molar-refractivity contribution is 0.158. The maximum absolute atomic E-state index is 9.48. The van der Waals surface area contributed by atoms with Crippen molar-refractivity contribution in [3.05, 3.63) is 117 Å². The minimum Gasteiger partial charge on any atom is -0.393 e. The second-order valence-electron chi connectivity index (χ2n) is 10.3. The Bertz CT molecular complexity index is 1110. The molecule has 0 radical (unpaired) electrons. The molecule has 0 fully saturated rings. The van der Waals surface area contributed by atoms with Crippen LogP contribution in [0.3, 0.4) is 0 Å². The van der Waals surface area contributed by atoms with Crippen LogP contribution in [0.25, 0.3) is 0 Å². The van der Waals surface area contributed by atoms with Crippen molar-refractivity contribution in [3.8, 4) is 0 Å². The zero-order chi connectivity index (χ0) is 24.8. The Hall–Kier alpha value is -2.68. The van der Waals surface area contributed by atoms with Crippen molar-refractivity contribution in [1.29, 1.82) is 0 Å². The van der Waals surface area contributed by atoms with Crippen molar-refractivity contribution in [2.45, 2.75) is 84.3 Å². The number of rotatable bonds is 0. The molecule has 2 unspecified atom stereocenters. The zero-order valence-corrected chi connectivity index (χ0v) is 21.6. The summed E-state index contributed by atoms with van der Waals surface area (Å²) in [7, 11) is 0. The Balaban J connectivity index is 0.000000124. The van der Waals surface area contributed by atoms with Crippen LogP contribution in [0.4, 0.5) is 0 Å². The topological polar surface area (TPSA) is 40.5 Å². The summed E-state index contributed by atoms with van der Waals surface area (Å²) >= 11 is 0. The number of aliphatic hydroxyl groups excluding tert-OH is 2. The standard InChI is InChI=1S/2C11H14O.C11H12/c2*1-8-3-2-4-9-5-6-10(12)7-11(8)9;1-9-5-4-7-10-6-2-3-8-11(9)10/h2*2-4,10,12H,5-7H2,1H3;2-5,7H,6,8H2,1H3. The Morgan fingerprint density at radius 1 is 0.543 bits per heavy atom. The molecule has 6 rings (SSSR count). The largest absolute Gasteiger partial charge is 0.393 e. The van der Waals surface area contributed by atoms with Crippen LogP contribution < -0.4 is 0 Å². The van der Waals surface area contributed by atoms with Crippen LogP contribution in [-0.2, 0) is 38.5 Å². The highest BCUT2D eigenvalue weighted by Gasteiger charge is 2.18. The molecule has 3 aromatic carbocycles. The molecular formula is C33H40O2. The van der Waals surface area contributed by atoms with Gasteiger partial charge in [-0.05, 0) is 122 Å². The second kappa shape index (κ2) is 11.8. The van der Waals surface area contributed by atoms with Crippen LogP contribution in [-0.4, -0.2) is 22.4 Å². The van der Waals surface area contributed by atoms with Gasteiger partial charge in [0.1, 0.15) is 0 Å². The molecule has 0 bridgehead atoms. The van der Waals surface area contributed by atoms with Crippen molar-refractivity contribution in [3.63, 3.8) is 0 Å². The summed E-state index contributed by atoms with van der Waals surface area (Å²) in [6, 6.07) is 19.4. The molecule has 2 N–H and O–H groups in total. The summed E-state index contributed by atoms with van der Waals surface area (Å²) in [6.45, 7) is 6.44. The number of benzene rings is 3. The van der Waals surface area contributed by atoms with Gasteiger partial charge in [0, 0.05) is 0 Å². The lowest BCUT2D eigenvalue weighted by Crippen LogP contribution is -2.19. The summed E-state index contributed by atoms with van der Waals surface area (Å²) in [4.78, 5) is 0. The number of hydrogen-bond donors (Lipinski definition) is 2. The predicted octanol–water partition coefficient (Wildman–Crippen LogP) is 6.34. The van der Waals surface area contributed by atoms with Gasteiger partial charge in [0.15, 0.2) is 0 Å². The van der Waals surface area contributed by atoms with Gasteiger partial charge in [0.05, 0.1) is 12.2 Å². The summed E-state index contributed by atoms with van der Waals surface area (Å²) in [5.41, 5.74) is 12.7. The summed E-state index contributed by atoms with van der Waals surface area (Å²) in [5, 5.41) is 19.0. The average Bonchev–Trinajstić information content (AvgIpc) is 2.86. The maximum Gasteiger partial charge on any atom is 0.0583 e. The molecule has 0 aliphatic heterocycles. The Morgan fingerprint density at radius 2 is 0.971 bits per heavy atom. The highest BCUT2D eigenvalue weighted by molar-refractivity contribution is 5.40. The van der Waals surface area contributed by atoms with E-state index in [0.717, 1.165) is 51.4 Å². The number of fused-ring (bicyclic) bond motifs is 3. The van der Waals surface area contributed by atoms with Crippen molar-refractivity contribution in [2.75, 3.05) is 0 Å². The first kappa shape index (κ1) is 25.4. The predicted molar refractivity (Wildman–Crippen MR) is 146 cm³/mol. The highest BCUT2D eigenvalue weighted by Crippen LogP contribution is 2.25. The molecule has 0 saturated heterocycles. The fourth-order valence-electron chi connectivity index (χ4n) is 5.56. The van der Waals surface area contributed by atoms with Crippen molar-refractivity contribution < 1.29 is 10.2 Å². The molecule has 3 aliphatic carbocycles. The molecule has 3 aliphatic rings. The lowest BCUT2D eigenvalue weighted by atomic mass is 9.87. The molecule has 35 heavy (non-hydrogen) atoms. The SMILES string of the molecule is Cc1cccc2c1CC(O)CC2.Cc1cccc2c1CC(O)CC2.Cc1cccc2c1CC=CC2. The Labute approximate surface area is 211 Å². The van der Waals surface area contributed by atoms with Gasteiger partial charge in [-0.1, -0.05) is 66.7 Å². The fourth-order valence-corrected chi connectivity index (χ4v) is 5.56. The van der Waals surface area contributed by atoms with E-state index in [1.807, 2.05) is 0 Å². The van der Waals surface area contributed by atoms with Gasteiger partial charge in [0.25, 0.3) is 0 Å². The van der Waals surface area contributed by atoms with Gasteiger partial charge >= 0.3 is 0 Å².